The van der Waals surface area contributed by atoms with E-state index < -0.39 is 23.0 Å². The summed E-state index contributed by atoms with van der Waals surface area (Å²) < 4.78 is 55.4. The third-order valence-electron chi connectivity index (χ3n) is 6.43. The average Bonchev–Trinajstić information content (AvgIpc) is 3.28. The van der Waals surface area contributed by atoms with Gasteiger partial charge in [-0.05, 0) is 62.2 Å². The van der Waals surface area contributed by atoms with Crippen molar-refractivity contribution in [2.75, 3.05) is 20.3 Å². The summed E-state index contributed by atoms with van der Waals surface area (Å²) in [7, 11) is 1.59. The van der Waals surface area contributed by atoms with Gasteiger partial charge < -0.3 is 23.8 Å². The lowest BCUT2D eigenvalue weighted by molar-refractivity contribution is -0.0324. The molecule has 1 fully saturated rings. The van der Waals surface area contributed by atoms with Crippen LogP contribution in [0.2, 0.25) is 0 Å². The van der Waals surface area contributed by atoms with Crippen molar-refractivity contribution >= 4 is 11.9 Å². The van der Waals surface area contributed by atoms with Gasteiger partial charge in [-0.2, -0.15) is 0 Å². The Kier molecular flexibility index (Phi) is 5.89. The molecule has 2 atom stereocenters. The van der Waals surface area contributed by atoms with E-state index in [1.54, 1.807) is 26.4 Å². The van der Waals surface area contributed by atoms with E-state index in [-0.39, 0.29) is 18.3 Å². The second-order valence-electron chi connectivity index (χ2n) is 9.12. The number of morpholine rings is 1. The zero-order valence-corrected chi connectivity index (χ0v) is 20.3. The molecule has 2 aliphatic heterocycles. The van der Waals surface area contributed by atoms with Gasteiger partial charge >= 0.3 is 0 Å². The van der Waals surface area contributed by atoms with Crippen molar-refractivity contribution in [1.29, 1.82) is 0 Å². The summed E-state index contributed by atoms with van der Waals surface area (Å²) in [5.74, 6) is -2.59. The number of methoxy groups -OCH3 is 1. The fraction of sp³-hybridized carbons (Fsp3) is 0.308. The van der Waals surface area contributed by atoms with Crippen molar-refractivity contribution in [3.05, 3.63) is 82.9 Å². The van der Waals surface area contributed by atoms with E-state index in [2.05, 4.69) is 10.1 Å². The Morgan fingerprint density at radius 1 is 1.17 bits per heavy atom. The van der Waals surface area contributed by atoms with Crippen molar-refractivity contribution in [2.24, 2.45) is 5.16 Å². The minimum atomic E-state index is -1.51. The predicted molar refractivity (Wildman–Crippen MR) is 127 cm³/mol. The van der Waals surface area contributed by atoms with E-state index in [1.165, 1.54) is 0 Å². The highest BCUT2D eigenvalue weighted by molar-refractivity contribution is 6.01. The summed E-state index contributed by atoms with van der Waals surface area (Å²) in [6, 6.07) is 7.66. The number of oxime groups is 1. The Labute approximate surface area is 206 Å². The minimum absolute atomic E-state index is 0.0217. The number of fused-ring (bicyclic) bond motifs is 1. The van der Waals surface area contributed by atoms with Crippen LogP contribution in [0, 0.1) is 24.4 Å². The van der Waals surface area contributed by atoms with Crippen LogP contribution in [0.25, 0.3) is 11.8 Å². The number of aromatic nitrogens is 2. The maximum atomic E-state index is 14.1. The maximum Gasteiger partial charge on any atom is 0.211 e. The number of rotatable bonds is 4. The summed E-state index contributed by atoms with van der Waals surface area (Å²) in [6.45, 7) is 5.98. The Morgan fingerprint density at radius 2 is 1.92 bits per heavy atom. The molecule has 0 aliphatic carbocycles. The fourth-order valence-electron chi connectivity index (χ4n) is 4.52. The second kappa shape index (κ2) is 8.92. The first-order valence-electron chi connectivity index (χ1n) is 11.4. The summed E-state index contributed by atoms with van der Waals surface area (Å²) in [5.41, 5.74) is 1.72. The van der Waals surface area contributed by atoms with Gasteiger partial charge in [-0.3, -0.25) is 0 Å². The number of aryl methyl sites for hydroxylation is 1. The molecule has 5 rings (SSSR count). The molecule has 188 valence electrons. The highest BCUT2D eigenvalue weighted by Crippen LogP contribution is 2.38. The van der Waals surface area contributed by atoms with E-state index in [9.17, 15) is 13.2 Å². The molecule has 1 aromatic heterocycles. The highest BCUT2D eigenvalue weighted by Gasteiger charge is 2.45. The normalized spacial score (nSPS) is 22.5. The zero-order valence-electron chi connectivity index (χ0n) is 20.3. The van der Waals surface area contributed by atoms with E-state index in [1.807, 2.05) is 47.7 Å². The van der Waals surface area contributed by atoms with Gasteiger partial charge in [0.15, 0.2) is 23.2 Å². The monoisotopic (exact) mass is 498 g/mol. The summed E-state index contributed by atoms with van der Waals surface area (Å²) in [5, 5.41) is 4.20. The van der Waals surface area contributed by atoms with Gasteiger partial charge in [0.25, 0.3) is 0 Å². The van der Waals surface area contributed by atoms with Gasteiger partial charge in [0.2, 0.25) is 5.84 Å². The van der Waals surface area contributed by atoms with Gasteiger partial charge in [-0.1, -0.05) is 11.2 Å². The van der Waals surface area contributed by atoms with E-state index in [0.717, 1.165) is 29.1 Å². The molecule has 2 aromatic carbocycles. The fourth-order valence-corrected chi connectivity index (χ4v) is 4.52. The van der Waals surface area contributed by atoms with Crippen LogP contribution in [0.15, 0.2) is 53.8 Å². The molecule has 0 bridgehead atoms. The lowest BCUT2D eigenvalue weighted by Crippen LogP contribution is -2.58. The van der Waals surface area contributed by atoms with Crippen molar-refractivity contribution in [2.45, 2.75) is 32.4 Å². The van der Waals surface area contributed by atoms with Gasteiger partial charge in [0, 0.05) is 6.20 Å². The first kappa shape index (κ1) is 23.8. The third kappa shape index (κ3) is 4.06. The standard InChI is InChI=1S/C26H25F3N4O3/c1-15-11-32(14-30-15)21-6-5-17(7-22(21)34-4)8-23-25-31-35-13-26(3,33(25)12-16(2)36-23)18-9-19(27)24(29)20(28)10-18/h5-11,14,16H,12-13H2,1-4H3/b23-8+. The highest BCUT2D eigenvalue weighted by atomic mass is 19.2. The summed E-state index contributed by atoms with van der Waals surface area (Å²) >= 11 is 0. The molecule has 2 unspecified atom stereocenters. The van der Waals surface area contributed by atoms with E-state index >= 15 is 0 Å². The molecule has 10 heteroatoms. The minimum Gasteiger partial charge on any atom is -0.495 e. The SMILES string of the molecule is COc1cc(/C=C2/OC(C)CN3C2=NOCC3(C)c2cc(F)c(F)c(F)c2)ccc1-n1cnc(C)c1. The number of hydrogen-bond donors (Lipinski definition) is 0. The van der Waals surface area contributed by atoms with Crippen LogP contribution in [-0.4, -0.2) is 46.7 Å². The number of amidine groups is 1. The topological polar surface area (TPSA) is 61.1 Å². The maximum absolute atomic E-state index is 14.1. The lowest BCUT2D eigenvalue weighted by Gasteiger charge is -2.48. The van der Waals surface area contributed by atoms with E-state index in [0.29, 0.717) is 23.9 Å². The van der Waals surface area contributed by atoms with Crippen LogP contribution < -0.4 is 4.74 Å². The summed E-state index contributed by atoms with van der Waals surface area (Å²) in [4.78, 5) is 11.6. The van der Waals surface area contributed by atoms with Crippen molar-refractivity contribution < 1.29 is 27.5 Å². The van der Waals surface area contributed by atoms with Crippen LogP contribution in [0.4, 0.5) is 13.2 Å². The quantitative estimate of drug-likeness (QED) is 0.478. The third-order valence-corrected chi connectivity index (χ3v) is 6.43. The Hall–Kier alpha value is -3.95. The number of benzene rings is 2. The van der Waals surface area contributed by atoms with Gasteiger partial charge in [-0.15, -0.1) is 0 Å². The average molecular weight is 499 g/mol. The molecule has 1 saturated heterocycles. The number of halogens is 3. The Bertz CT molecular complexity index is 1360. The Balaban J connectivity index is 1.53. The molecular weight excluding hydrogens is 473 g/mol. The van der Waals surface area contributed by atoms with Crippen LogP contribution in [0.5, 0.6) is 5.75 Å². The van der Waals surface area contributed by atoms with Gasteiger partial charge in [0.05, 0.1) is 31.4 Å². The second-order valence-corrected chi connectivity index (χ2v) is 9.12. The Morgan fingerprint density at radius 3 is 2.58 bits per heavy atom. The van der Waals surface area contributed by atoms with E-state index in [4.69, 9.17) is 14.3 Å². The number of ether oxygens (including phenoxy) is 2. The molecule has 3 heterocycles. The lowest BCUT2D eigenvalue weighted by atomic mass is 9.88. The molecule has 2 aliphatic rings. The van der Waals surface area contributed by atoms with Gasteiger partial charge in [-0.25, -0.2) is 18.2 Å². The molecule has 0 N–H and O–H groups in total. The first-order chi connectivity index (χ1) is 17.2. The zero-order chi connectivity index (χ0) is 25.6. The van der Waals surface area contributed by atoms with Crippen LogP contribution in [0.3, 0.4) is 0 Å². The largest absolute Gasteiger partial charge is 0.495 e. The molecule has 0 amide bonds. The van der Waals surface area contributed by atoms with Crippen LogP contribution in [0.1, 0.15) is 30.7 Å². The predicted octanol–water partition coefficient (Wildman–Crippen LogP) is 4.93. The smallest absolute Gasteiger partial charge is 0.211 e. The van der Waals surface area contributed by atoms with Crippen LogP contribution in [-0.2, 0) is 15.1 Å². The number of hydrogen-bond acceptors (Lipinski definition) is 6. The van der Waals surface area contributed by atoms with Crippen molar-refractivity contribution in [3.63, 3.8) is 0 Å². The number of nitrogens with zero attached hydrogens (tertiary/aromatic N) is 4. The number of imidazole rings is 1. The molecule has 0 saturated carbocycles. The molecule has 36 heavy (non-hydrogen) atoms. The molecule has 3 aromatic rings. The first-order valence-corrected chi connectivity index (χ1v) is 11.4. The summed E-state index contributed by atoms with van der Waals surface area (Å²) in [6.07, 6.45) is 5.15. The molecule has 0 radical (unpaired) electrons. The van der Waals surface area contributed by atoms with Crippen molar-refractivity contribution in [3.8, 4) is 11.4 Å². The van der Waals surface area contributed by atoms with Crippen molar-refractivity contribution in [1.82, 2.24) is 14.5 Å². The van der Waals surface area contributed by atoms with Crippen LogP contribution >= 0.6 is 0 Å². The molecule has 0 spiro atoms. The molecule has 7 nitrogen and oxygen atoms in total. The molecular formula is C26H25F3N4O3. The van der Waals surface area contributed by atoms with Gasteiger partial charge in [0.1, 0.15) is 24.0 Å².